The second-order valence-electron chi connectivity index (χ2n) is 5.05. The summed E-state index contributed by atoms with van der Waals surface area (Å²) >= 11 is 0. The number of alkyl halides is 3. The molecule has 1 heterocycles. The van der Waals surface area contributed by atoms with Crippen molar-refractivity contribution in [2.75, 3.05) is 52.4 Å². The maximum atomic E-state index is 12.4. The van der Waals surface area contributed by atoms with Crippen molar-refractivity contribution in [3.8, 4) is 0 Å². The molecule has 2 N–H and O–H groups in total. The minimum Gasteiger partial charge on any atom is -0.390 e. The largest absolute Gasteiger partial charge is 0.401 e. The van der Waals surface area contributed by atoms with E-state index >= 15 is 0 Å². The maximum Gasteiger partial charge on any atom is 0.401 e. The van der Waals surface area contributed by atoms with E-state index in [-0.39, 0.29) is 6.54 Å². The Labute approximate surface area is 112 Å². The molecule has 7 heteroatoms. The molecular formula is C12H24F3N3O. The van der Waals surface area contributed by atoms with Gasteiger partial charge in [0.1, 0.15) is 0 Å². The molecule has 1 atom stereocenters. The van der Waals surface area contributed by atoms with Crippen LogP contribution in [0.25, 0.3) is 0 Å². The first kappa shape index (κ1) is 16.7. The molecule has 1 fully saturated rings. The molecule has 0 amide bonds. The molecule has 0 aromatic rings. The van der Waals surface area contributed by atoms with Crippen LogP contribution in [0, 0.1) is 0 Å². The quantitative estimate of drug-likeness (QED) is 0.715. The Hall–Kier alpha value is -0.370. The van der Waals surface area contributed by atoms with E-state index in [9.17, 15) is 18.3 Å². The Kier molecular flexibility index (Phi) is 7.06. The predicted octanol–water partition coefficient (Wildman–Crippen LogP) is 0.527. The molecular weight excluding hydrogens is 259 g/mol. The fraction of sp³-hybridized carbons (Fsp3) is 1.00. The summed E-state index contributed by atoms with van der Waals surface area (Å²) in [5, 5.41) is 13.1. The lowest BCUT2D eigenvalue weighted by molar-refractivity contribution is -0.148. The zero-order valence-electron chi connectivity index (χ0n) is 11.4. The SMILES string of the molecule is CCCN(CC(O)CN1CCNCC1)CC(F)(F)F. The van der Waals surface area contributed by atoms with Gasteiger partial charge in [-0.3, -0.25) is 9.80 Å². The van der Waals surface area contributed by atoms with Crippen LogP contribution >= 0.6 is 0 Å². The average molecular weight is 283 g/mol. The minimum atomic E-state index is -4.20. The molecule has 0 aromatic carbocycles. The molecule has 0 bridgehead atoms. The molecule has 4 nitrogen and oxygen atoms in total. The Morgan fingerprint density at radius 1 is 1.32 bits per heavy atom. The van der Waals surface area contributed by atoms with E-state index in [4.69, 9.17) is 0 Å². The molecule has 0 aromatic heterocycles. The van der Waals surface area contributed by atoms with E-state index in [1.807, 2.05) is 6.92 Å². The van der Waals surface area contributed by atoms with Crippen molar-refractivity contribution in [3.63, 3.8) is 0 Å². The van der Waals surface area contributed by atoms with Crippen molar-refractivity contribution in [2.24, 2.45) is 0 Å². The fourth-order valence-corrected chi connectivity index (χ4v) is 2.35. The number of aliphatic hydroxyl groups is 1. The van der Waals surface area contributed by atoms with Crippen LogP contribution in [0.5, 0.6) is 0 Å². The predicted molar refractivity (Wildman–Crippen MR) is 68.1 cm³/mol. The van der Waals surface area contributed by atoms with Gasteiger partial charge >= 0.3 is 6.18 Å². The number of hydrogen-bond donors (Lipinski definition) is 2. The highest BCUT2D eigenvalue weighted by molar-refractivity contribution is 4.74. The van der Waals surface area contributed by atoms with Crippen molar-refractivity contribution >= 4 is 0 Å². The van der Waals surface area contributed by atoms with Gasteiger partial charge in [-0.05, 0) is 13.0 Å². The summed E-state index contributed by atoms with van der Waals surface area (Å²) in [6.45, 7) is 5.19. The molecule has 1 rings (SSSR count). The van der Waals surface area contributed by atoms with Crippen LogP contribution in [0.1, 0.15) is 13.3 Å². The molecule has 0 saturated carbocycles. The Morgan fingerprint density at radius 3 is 2.47 bits per heavy atom. The van der Waals surface area contributed by atoms with E-state index in [0.717, 1.165) is 26.2 Å². The molecule has 1 unspecified atom stereocenters. The van der Waals surface area contributed by atoms with Crippen molar-refractivity contribution in [3.05, 3.63) is 0 Å². The van der Waals surface area contributed by atoms with Crippen LogP contribution in [0.3, 0.4) is 0 Å². The van der Waals surface area contributed by atoms with E-state index in [1.54, 1.807) is 0 Å². The average Bonchev–Trinajstić information content (AvgIpc) is 2.28. The molecule has 0 aliphatic carbocycles. The molecule has 19 heavy (non-hydrogen) atoms. The lowest BCUT2D eigenvalue weighted by Crippen LogP contribution is -2.49. The summed E-state index contributed by atoms with van der Waals surface area (Å²) < 4.78 is 37.2. The maximum absolute atomic E-state index is 12.4. The standard InChI is InChI=1S/C12H24F3N3O/c1-2-5-18(10-12(13,14)15)9-11(19)8-17-6-3-16-4-7-17/h11,16,19H,2-10H2,1H3. The number of halogens is 3. The van der Waals surface area contributed by atoms with Gasteiger partial charge in [0.2, 0.25) is 0 Å². The molecule has 1 saturated heterocycles. The lowest BCUT2D eigenvalue weighted by atomic mass is 10.2. The number of nitrogens with zero attached hydrogens (tertiary/aromatic N) is 2. The zero-order chi connectivity index (χ0) is 14.3. The van der Waals surface area contributed by atoms with Crippen LogP contribution < -0.4 is 5.32 Å². The van der Waals surface area contributed by atoms with Crippen LogP contribution in [0.4, 0.5) is 13.2 Å². The summed E-state index contributed by atoms with van der Waals surface area (Å²) in [6.07, 6.45) is -4.28. The van der Waals surface area contributed by atoms with E-state index in [1.165, 1.54) is 4.90 Å². The Balaban J connectivity index is 2.34. The van der Waals surface area contributed by atoms with E-state index in [0.29, 0.717) is 19.5 Å². The molecule has 1 aliphatic rings. The van der Waals surface area contributed by atoms with Crippen molar-refractivity contribution in [1.82, 2.24) is 15.1 Å². The first-order chi connectivity index (χ1) is 8.90. The van der Waals surface area contributed by atoms with Crippen molar-refractivity contribution in [1.29, 1.82) is 0 Å². The van der Waals surface area contributed by atoms with Gasteiger partial charge in [-0.1, -0.05) is 6.92 Å². The number of rotatable bonds is 7. The van der Waals surface area contributed by atoms with Gasteiger partial charge in [0.05, 0.1) is 12.6 Å². The monoisotopic (exact) mass is 283 g/mol. The number of aliphatic hydroxyl groups excluding tert-OH is 1. The molecule has 1 aliphatic heterocycles. The Morgan fingerprint density at radius 2 is 1.95 bits per heavy atom. The molecule has 0 radical (unpaired) electrons. The van der Waals surface area contributed by atoms with Crippen LogP contribution in [0.15, 0.2) is 0 Å². The summed E-state index contributed by atoms with van der Waals surface area (Å²) in [5.41, 5.74) is 0. The second kappa shape index (κ2) is 8.04. The van der Waals surface area contributed by atoms with Gasteiger partial charge < -0.3 is 10.4 Å². The Bertz CT molecular complexity index is 245. The number of hydrogen-bond acceptors (Lipinski definition) is 4. The van der Waals surface area contributed by atoms with E-state index in [2.05, 4.69) is 10.2 Å². The van der Waals surface area contributed by atoms with Gasteiger partial charge in [0.15, 0.2) is 0 Å². The van der Waals surface area contributed by atoms with Crippen molar-refractivity contribution in [2.45, 2.75) is 25.6 Å². The highest BCUT2D eigenvalue weighted by Crippen LogP contribution is 2.17. The third-order valence-electron chi connectivity index (χ3n) is 3.09. The van der Waals surface area contributed by atoms with Gasteiger partial charge in [0, 0.05) is 39.3 Å². The first-order valence-corrected chi connectivity index (χ1v) is 6.81. The summed E-state index contributed by atoms with van der Waals surface area (Å²) in [5.74, 6) is 0. The van der Waals surface area contributed by atoms with Crippen molar-refractivity contribution < 1.29 is 18.3 Å². The van der Waals surface area contributed by atoms with Crippen LogP contribution in [0.2, 0.25) is 0 Å². The normalized spacial score (nSPS) is 19.9. The first-order valence-electron chi connectivity index (χ1n) is 6.81. The van der Waals surface area contributed by atoms with Crippen LogP contribution in [-0.4, -0.2) is 79.5 Å². The minimum absolute atomic E-state index is 0.0806. The van der Waals surface area contributed by atoms with Crippen LogP contribution in [-0.2, 0) is 0 Å². The summed E-state index contributed by atoms with van der Waals surface area (Å²) in [4.78, 5) is 3.37. The second-order valence-corrected chi connectivity index (χ2v) is 5.05. The van der Waals surface area contributed by atoms with Gasteiger partial charge in [-0.25, -0.2) is 0 Å². The highest BCUT2D eigenvalue weighted by atomic mass is 19.4. The lowest BCUT2D eigenvalue weighted by Gasteiger charge is -2.31. The van der Waals surface area contributed by atoms with Gasteiger partial charge in [-0.2, -0.15) is 13.2 Å². The molecule has 0 spiro atoms. The number of piperazine rings is 1. The molecule has 114 valence electrons. The number of nitrogens with one attached hydrogen (secondary N) is 1. The third kappa shape index (κ3) is 7.71. The third-order valence-corrected chi connectivity index (χ3v) is 3.09. The summed E-state index contributed by atoms with van der Waals surface area (Å²) in [7, 11) is 0. The smallest absolute Gasteiger partial charge is 0.390 e. The zero-order valence-corrected chi connectivity index (χ0v) is 11.4. The topological polar surface area (TPSA) is 38.7 Å². The highest BCUT2D eigenvalue weighted by Gasteiger charge is 2.31. The number of β-amino-alcohol motifs (C(OH)–C–C–N with tert-alkyl or cyclic N) is 1. The fourth-order valence-electron chi connectivity index (χ4n) is 2.35. The van der Waals surface area contributed by atoms with E-state index < -0.39 is 18.8 Å². The summed E-state index contributed by atoms with van der Waals surface area (Å²) in [6, 6.07) is 0. The van der Waals surface area contributed by atoms with Gasteiger partial charge in [-0.15, -0.1) is 0 Å². The van der Waals surface area contributed by atoms with Gasteiger partial charge in [0.25, 0.3) is 0 Å².